The summed E-state index contributed by atoms with van der Waals surface area (Å²) >= 11 is 0. The van der Waals surface area contributed by atoms with E-state index in [1.54, 1.807) is 12.3 Å². The fourth-order valence-electron chi connectivity index (χ4n) is 2.38. The molecule has 2 N–H and O–H groups in total. The van der Waals surface area contributed by atoms with Crippen LogP contribution in [0.3, 0.4) is 0 Å². The maximum absolute atomic E-state index is 12.0. The van der Waals surface area contributed by atoms with Gasteiger partial charge in [0.05, 0.1) is 24.7 Å². The number of carbonyl (C=O) groups excluding carboxylic acids is 1. The Balaban J connectivity index is 2.18. The second kappa shape index (κ2) is 5.37. The molecule has 1 saturated heterocycles. The monoisotopic (exact) mass is 299 g/mol. The summed E-state index contributed by atoms with van der Waals surface area (Å²) in [6.07, 6.45) is 1.73. The molecule has 2 heterocycles. The molecule has 1 amide bonds. The van der Waals surface area contributed by atoms with Gasteiger partial charge < -0.3 is 9.64 Å². The summed E-state index contributed by atoms with van der Waals surface area (Å²) in [5.74, 6) is -0.0796. The van der Waals surface area contributed by atoms with Crippen LogP contribution in [0.25, 0.3) is 0 Å². The first-order valence-corrected chi connectivity index (χ1v) is 7.83. The lowest BCUT2D eigenvalue weighted by atomic mass is 10.1. The molecule has 0 spiro atoms. The molecule has 1 unspecified atom stereocenters. The fourth-order valence-corrected chi connectivity index (χ4v) is 3.26. The molecule has 1 atom stereocenters. The van der Waals surface area contributed by atoms with E-state index in [4.69, 9.17) is 9.88 Å². The fraction of sp³-hybridized carbons (Fsp3) is 0.500. The van der Waals surface area contributed by atoms with Gasteiger partial charge in [0.25, 0.3) is 0 Å². The summed E-state index contributed by atoms with van der Waals surface area (Å²) in [7, 11) is -2.04. The summed E-state index contributed by atoms with van der Waals surface area (Å²) in [5, 5.41) is 5.02. The lowest BCUT2D eigenvalue weighted by Gasteiger charge is -2.17. The van der Waals surface area contributed by atoms with Gasteiger partial charge in [0.1, 0.15) is 0 Å². The summed E-state index contributed by atoms with van der Waals surface area (Å²) in [5.41, 5.74) is 1.46. The molecule has 0 bridgehead atoms. The van der Waals surface area contributed by atoms with Gasteiger partial charge >= 0.3 is 0 Å². The van der Waals surface area contributed by atoms with Crippen LogP contribution in [-0.4, -0.2) is 38.7 Å². The van der Waals surface area contributed by atoms with Crippen molar-refractivity contribution in [1.29, 1.82) is 0 Å². The van der Waals surface area contributed by atoms with Crippen LogP contribution in [0.1, 0.15) is 12.0 Å². The molecule has 7 nitrogen and oxygen atoms in total. The number of hydrogen-bond acceptors (Lipinski definition) is 5. The predicted molar refractivity (Wildman–Crippen MR) is 74.0 cm³/mol. The molecule has 110 valence electrons. The Morgan fingerprint density at radius 1 is 1.55 bits per heavy atom. The van der Waals surface area contributed by atoms with Gasteiger partial charge in [-0.3, -0.25) is 4.79 Å². The van der Waals surface area contributed by atoms with Crippen LogP contribution in [0.15, 0.2) is 12.3 Å². The molecule has 0 radical (unpaired) electrons. The Bertz CT molecular complexity index is 630. The van der Waals surface area contributed by atoms with E-state index >= 15 is 0 Å². The van der Waals surface area contributed by atoms with Gasteiger partial charge in [-0.1, -0.05) is 0 Å². The van der Waals surface area contributed by atoms with Crippen molar-refractivity contribution in [2.75, 3.05) is 24.3 Å². The van der Waals surface area contributed by atoms with Crippen LogP contribution in [-0.2, 0) is 14.8 Å². The summed E-state index contributed by atoms with van der Waals surface area (Å²) in [6, 6.07) is 1.79. The molecule has 8 heteroatoms. The van der Waals surface area contributed by atoms with E-state index in [0.717, 1.165) is 5.56 Å². The molecule has 1 aliphatic rings. The molecule has 1 aliphatic heterocycles. The first-order chi connectivity index (χ1) is 9.30. The van der Waals surface area contributed by atoms with Crippen LogP contribution < -0.4 is 14.8 Å². The number of aromatic nitrogens is 1. The molecule has 1 aromatic heterocycles. The third-order valence-electron chi connectivity index (χ3n) is 3.19. The second-order valence-electron chi connectivity index (χ2n) is 4.92. The zero-order valence-corrected chi connectivity index (χ0v) is 12.2. The molecule has 1 fully saturated rings. The zero-order valence-electron chi connectivity index (χ0n) is 11.4. The number of anilines is 1. The number of sulfonamides is 1. The number of carbonyl (C=O) groups is 1. The average Bonchev–Trinajstić information content (AvgIpc) is 2.67. The highest BCUT2D eigenvalue weighted by molar-refractivity contribution is 7.89. The van der Waals surface area contributed by atoms with Gasteiger partial charge in [0.2, 0.25) is 21.8 Å². The minimum absolute atomic E-state index is 0.120. The topological polar surface area (TPSA) is 103 Å². The van der Waals surface area contributed by atoms with Crippen LogP contribution in [0.4, 0.5) is 5.69 Å². The summed E-state index contributed by atoms with van der Waals surface area (Å²) < 4.78 is 27.3. The van der Waals surface area contributed by atoms with Gasteiger partial charge in [-0.05, 0) is 13.0 Å². The van der Waals surface area contributed by atoms with Crippen molar-refractivity contribution in [2.45, 2.75) is 13.3 Å². The SMILES string of the molecule is COc1ncc(N2CC(CS(N)(=O)=O)CC2=O)cc1C. The van der Waals surface area contributed by atoms with Crippen LogP contribution in [0, 0.1) is 12.8 Å². The Morgan fingerprint density at radius 3 is 2.80 bits per heavy atom. The van der Waals surface area contributed by atoms with Crippen molar-refractivity contribution in [3.63, 3.8) is 0 Å². The van der Waals surface area contributed by atoms with Gasteiger partial charge in [0.15, 0.2) is 0 Å². The second-order valence-corrected chi connectivity index (χ2v) is 6.58. The first-order valence-electron chi connectivity index (χ1n) is 6.11. The smallest absolute Gasteiger partial charge is 0.227 e. The van der Waals surface area contributed by atoms with Crippen LogP contribution in [0.2, 0.25) is 0 Å². The van der Waals surface area contributed by atoms with Crippen LogP contribution >= 0.6 is 0 Å². The maximum atomic E-state index is 12.0. The first kappa shape index (κ1) is 14.7. The molecular formula is C12H17N3O4S. The molecular weight excluding hydrogens is 282 g/mol. The highest BCUT2D eigenvalue weighted by atomic mass is 32.2. The van der Waals surface area contributed by atoms with E-state index in [1.165, 1.54) is 12.0 Å². The molecule has 2 rings (SSSR count). The largest absolute Gasteiger partial charge is 0.481 e. The zero-order chi connectivity index (χ0) is 14.9. The Morgan fingerprint density at radius 2 is 2.25 bits per heavy atom. The van der Waals surface area contributed by atoms with Crippen molar-refractivity contribution in [3.8, 4) is 5.88 Å². The molecule has 0 saturated carbocycles. The highest BCUT2D eigenvalue weighted by Gasteiger charge is 2.33. The van der Waals surface area contributed by atoms with E-state index in [2.05, 4.69) is 4.98 Å². The number of aryl methyl sites for hydroxylation is 1. The van der Waals surface area contributed by atoms with Crippen molar-refractivity contribution in [2.24, 2.45) is 11.1 Å². The number of rotatable bonds is 4. The quantitative estimate of drug-likeness (QED) is 0.845. The van der Waals surface area contributed by atoms with Crippen molar-refractivity contribution >= 4 is 21.6 Å². The minimum Gasteiger partial charge on any atom is -0.481 e. The minimum atomic E-state index is -3.57. The highest BCUT2D eigenvalue weighted by Crippen LogP contribution is 2.27. The van der Waals surface area contributed by atoms with E-state index in [1.807, 2.05) is 6.92 Å². The number of nitrogens with two attached hydrogens (primary N) is 1. The van der Waals surface area contributed by atoms with Crippen molar-refractivity contribution in [1.82, 2.24) is 4.98 Å². The molecule has 0 aliphatic carbocycles. The third-order valence-corrected chi connectivity index (χ3v) is 4.13. The normalized spacial score (nSPS) is 19.4. The Hall–Kier alpha value is -1.67. The predicted octanol–water partition coefficient (Wildman–Crippen LogP) is 0.0400. The van der Waals surface area contributed by atoms with Crippen LogP contribution in [0.5, 0.6) is 5.88 Å². The van der Waals surface area contributed by atoms with E-state index in [9.17, 15) is 13.2 Å². The number of primary sulfonamides is 1. The van der Waals surface area contributed by atoms with Gasteiger partial charge in [-0.2, -0.15) is 0 Å². The Kier molecular flexibility index (Phi) is 3.96. The number of nitrogens with zero attached hydrogens (tertiary/aromatic N) is 2. The van der Waals surface area contributed by atoms with E-state index in [0.29, 0.717) is 18.1 Å². The average molecular weight is 299 g/mol. The number of methoxy groups -OCH3 is 1. The summed E-state index contributed by atoms with van der Waals surface area (Å²) in [4.78, 5) is 17.6. The third kappa shape index (κ3) is 3.26. The number of ether oxygens (including phenoxy) is 1. The summed E-state index contributed by atoms with van der Waals surface area (Å²) in [6.45, 7) is 2.17. The van der Waals surface area contributed by atoms with Gasteiger partial charge in [0, 0.05) is 24.4 Å². The number of pyridine rings is 1. The Labute approximate surface area is 117 Å². The van der Waals surface area contributed by atoms with Crippen molar-refractivity contribution < 1.29 is 17.9 Å². The van der Waals surface area contributed by atoms with Gasteiger partial charge in [-0.15, -0.1) is 0 Å². The molecule has 0 aromatic carbocycles. The molecule has 20 heavy (non-hydrogen) atoms. The molecule has 1 aromatic rings. The van der Waals surface area contributed by atoms with E-state index in [-0.39, 0.29) is 24.0 Å². The lowest BCUT2D eigenvalue weighted by Crippen LogP contribution is -2.27. The number of amides is 1. The lowest BCUT2D eigenvalue weighted by molar-refractivity contribution is -0.117. The maximum Gasteiger partial charge on any atom is 0.227 e. The van der Waals surface area contributed by atoms with E-state index < -0.39 is 10.0 Å². The van der Waals surface area contributed by atoms with Crippen molar-refractivity contribution in [3.05, 3.63) is 17.8 Å². The van der Waals surface area contributed by atoms with Gasteiger partial charge in [-0.25, -0.2) is 18.5 Å². The standard InChI is InChI=1S/C12H17N3O4S/c1-8-3-10(5-14-12(8)19-2)15-6-9(4-11(15)16)7-20(13,17)18/h3,5,9H,4,6-7H2,1-2H3,(H2,13,17,18). The number of hydrogen-bond donors (Lipinski definition) is 1.